The fourth-order valence-corrected chi connectivity index (χ4v) is 3.79. The summed E-state index contributed by atoms with van der Waals surface area (Å²) in [6, 6.07) is 15.9. The van der Waals surface area contributed by atoms with Crippen LogP contribution in [0.1, 0.15) is 17.5 Å². The normalized spacial score (nSPS) is 17.6. The van der Waals surface area contributed by atoms with Crippen molar-refractivity contribution in [1.29, 1.82) is 0 Å². The van der Waals surface area contributed by atoms with Crippen molar-refractivity contribution >= 4 is 11.6 Å². The molecule has 146 valence electrons. The minimum absolute atomic E-state index is 0.250. The standard InChI is InChI=1S/C21H23ClN4O2/c1-27-19-8-3-2-7-17(19)18-14-23-10-12-26(18)11-9-20-24-21(25-28-20)15-5-4-6-16(22)13-15/h2-8,13,18,23H,9-12,14H2,1H3. The molecule has 0 amide bonds. The number of hydrogen-bond acceptors (Lipinski definition) is 6. The Kier molecular flexibility index (Phi) is 5.90. The van der Waals surface area contributed by atoms with Crippen LogP contribution in [0.4, 0.5) is 0 Å². The molecule has 7 heteroatoms. The first-order chi connectivity index (χ1) is 13.7. The highest BCUT2D eigenvalue weighted by atomic mass is 35.5. The zero-order chi connectivity index (χ0) is 19.3. The van der Waals surface area contributed by atoms with E-state index in [1.165, 1.54) is 5.56 Å². The van der Waals surface area contributed by atoms with Crippen molar-refractivity contribution in [2.45, 2.75) is 12.5 Å². The molecule has 0 spiro atoms. The van der Waals surface area contributed by atoms with E-state index in [1.807, 2.05) is 36.4 Å². The van der Waals surface area contributed by atoms with Crippen molar-refractivity contribution in [2.75, 3.05) is 33.3 Å². The second-order valence-corrected chi connectivity index (χ2v) is 7.21. The zero-order valence-electron chi connectivity index (χ0n) is 15.8. The van der Waals surface area contributed by atoms with Gasteiger partial charge in [-0.1, -0.05) is 47.1 Å². The van der Waals surface area contributed by atoms with Crippen molar-refractivity contribution in [3.63, 3.8) is 0 Å². The topological polar surface area (TPSA) is 63.4 Å². The van der Waals surface area contributed by atoms with Gasteiger partial charge in [-0.15, -0.1) is 0 Å². The van der Waals surface area contributed by atoms with E-state index in [9.17, 15) is 0 Å². The van der Waals surface area contributed by atoms with Gasteiger partial charge in [0.2, 0.25) is 11.7 Å². The third kappa shape index (κ3) is 4.19. The number of benzene rings is 2. The lowest BCUT2D eigenvalue weighted by molar-refractivity contribution is 0.156. The Morgan fingerprint density at radius 2 is 2.14 bits per heavy atom. The Morgan fingerprint density at radius 1 is 1.25 bits per heavy atom. The van der Waals surface area contributed by atoms with Crippen molar-refractivity contribution in [3.05, 3.63) is 65.0 Å². The molecule has 1 saturated heterocycles. The highest BCUT2D eigenvalue weighted by Gasteiger charge is 2.26. The third-order valence-corrected chi connectivity index (χ3v) is 5.25. The SMILES string of the molecule is COc1ccccc1C1CNCCN1CCc1nc(-c2cccc(Cl)c2)no1. The molecule has 0 bridgehead atoms. The molecule has 6 nitrogen and oxygen atoms in total. The number of nitrogens with one attached hydrogen (secondary N) is 1. The molecule has 1 aromatic heterocycles. The Labute approximate surface area is 169 Å². The maximum Gasteiger partial charge on any atom is 0.228 e. The lowest BCUT2D eigenvalue weighted by Gasteiger charge is -2.36. The van der Waals surface area contributed by atoms with Gasteiger partial charge < -0.3 is 14.6 Å². The number of hydrogen-bond donors (Lipinski definition) is 1. The van der Waals surface area contributed by atoms with Crippen LogP contribution in [0.15, 0.2) is 53.1 Å². The summed E-state index contributed by atoms with van der Waals surface area (Å²) in [6.45, 7) is 3.64. The lowest BCUT2D eigenvalue weighted by Crippen LogP contribution is -2.46. The van der Waals surface area contributed by atoms with Crippen molar-refractivity contribution in [2.24, 2.45) is 0 Å². The van der Waals surface area contributed by atoms with Gasteiger partial charge in [-0.3, -0.25) is 4.90 Å². The average molecular weight is 399 g/mol. The summed E-state index contributed by atoms with van der Waals surface area (Å²) in [4.78, 5) is 6.98. The molecule has 28 heavy (non-hydrogen) atoms. The maximum atomic E-state index is 6.05. The molecule has 2 heterocycles. The number of aromatic nitrogens is 2. The minimum atomic E-state index is 0.250. The van der Waals surface area contributed by atoms with Crippen LogP contribution in [0.3, 0.4) is 0 Å². The van der Waals surface area contributed by atoms with Crippen LogP contribution in [-0.2, 0) is 6.42 Å². The van der Waals surface area contributed by atoms with Crippen LogP contribution in [0.25, 0.3) is 11.4 Å². The second kappa shape index (κ2) is 8.73. The first-order valence-electron chi connectivity index (χ1n) is 9.41. The number of halogens is 1. The van der Waals surface area contributed by atoms with Gasteiger partial charge in [0.1, 0.15) is 5.75 Å². The maximum absolute atomic E-state index is 6.05. The van der Waals surface area contributed by atoms with E-state index in [2.05, 4.69) is 32.5 Å². The fraction of sp³-hybridized carbons (Fsp3) is 0.333. The summed E-state index contributed by atoms with van der Waals surface area (Å²) in [6.07, 6.45) is 0.694. The summed E-state index contributed by atoms with van der Waals surface area (Å²) >= 11 is 6.05. The Morgan fingerprint density at radius 3 is 3.00 bits per heavy atom. The van der Waals surface area contributed by atoms with Gasteiger partial charge in [0.25, 0.3) is 0 Å². The zero-order valence-corrected chi connectivity index (χ0v) is 16.5. The van der Waals surface area contributed by atoms with Gasteiger partial charge in [0.15, 0.2) is 0 Å². The molecule has 1 unspecified atom stereocenters. The Bertz CT molecular complexity index is 930. The largest absolute Gasteiger partial charge is 0.496 e. The molecule has 0 radical (unpaired) electrons. The van der Waals surface area contributed by atoms with E-state index in [0.29, 0.717) is 23.2 Å². The molecule has 1 aliphatic heterocycles. The summed E-state index contributed by atoms with van der Waals surface area (Å²) in [5.41, 5.74) is 2.05. The van der Waals surface area contributed by atoms with E-state index >= 15 is 0 Å². The van der Waals surface area contributed by atoms with Gasteiger partial charge in [-0.2, -0.15) is 4.98 Å². The summed E-state index contributed by atoms with van der Waals surface area (Å²) < 4.78 is 11.0. The molecule has 1 aliphatic rings. The molecule has 2 aromatic carbocycles. The van der Waals surface area contributed by atoms with Gasteiger partial charge >= 0.3 is 0 Å². The first kappa shape index (κ1) is 18.9. The summed E-state index contributed by atoms with van der Waals surface area (Å²) in [5, 5.41) is 8.24. The number of ether oxygens (including phenoxy) is 1. The summed E-state index contributed by atoms with van der Waals surface area (Å²) in [5.74, 6) is 2.12. The fourth-order valence-electron chi connectivity index (χ4n) is 3.60. The molecule has 3 aromatic rings. The number of nitrogens with zero attached hydrogens (tertiary/aromatic N) is 3. The predicted octanol–water partition coefficient (Wildman–Crippen LogP) is 3.59. The van der Waals surface area contributed by atoms with E-state index in [0.717, 1.165) is 37.5 Å². The van der Waals surface area contributed by atoms with E-state index in [4.69, 9.17) is 20.9 Å². The van der Waals surface area contributed by atoms with Crippen LogP contribution in [-0.4, -0.2) is 48.3 Å². The van der Waals surface area contributed by atoms with Crippen molar-refractivity contribution < 1.29 is 9.26 Å². The van der Waals surface area contributed by atoms with Crippen molar-refractivity contribution in [1.82, 2.24) is 20.4 Å². The number of para-hydroxylation sites is 1. The molecular weight excluding hydrogens is 376 g/mol. The quantitative estimate of drug-likeness (QED) is 0.684. The van der Waals surface area contributed by atoms with Crippen LogP contribution in [0.5, 0.6) is 5.75 Å². The summed E-state index contributed by atoms with van der Waals surface area (Å²) in [7, 11) is 1.72. The third-order valence-electron chi connectivity index (χ3n) is 5.02. The van der Waals surface area contributed by atoms with E-state index < -0.39 is 0 Å². The second-order valence-electron chi connectivity index (χ2n) is 6.77. The van der Waals surface area contributed by atoms with Gasteiger partial charge in [-0.25, -0.2) is 0 Å². The minimum Gasteiger partial charge on any atom is -0.496 e. The molecule has 4 rings (SSSR count). The molecular formula is C21H23ClN4O2. The molecule has 0 aliphatic carbocycles. The van der Waals surface area contributed by atoms with Crippen LogP contribution in [0, 0.1) is 0 Å². The molecule has 0 saturated carbocycles. The highest BCUT2D eigenvalue weighted by Crippen LogP contribution is 2.30. The van der Waals surface area contributed by atoms with Crippen LogP contribution >= 0.6 is 11.6 Å². The first-order valence-corrected chi connectivity index (χ1v) is 9.78. The number of piperazine rings is 1. The van der Waals surface area contributed by atoms with Gasteiger partial charge in [-0.05, 0) is 18.2 Å². The smallest absolute Gasteiger partial charge is 0.228 e. The number of methoxy groups -OCH3 is 1. The van der Waals surface area contributed by atoms with Crippen molar-refractivity contribution in [3.8, 4) is 17.1 Å². The molecule has 1 fully saturated rings. The Hall–Kier alpha value is -2.41. The van der Waals surface area contributed by atoms with E-state index in [-0.39, 0.29) is 6.04 Å². The van der Waals surface area contributed by atoms with Gasteiger partial charge in [0, 0.05) is 48.7 Å². The predicted molar refractivity (Wildman–Crippen MR) is 109 cm³/mol. The van der Waals surface area contributed by atoms with E-state index in [1.54, 1.807) is 7.11 Å². The Balaban J connectivity index is 1.46. The monoisotopic (exact) mass is 398 g/mol. The average Bonchev–Trinajstić information content (AvgIpc) is 3.21. The number of rotatable bonds is 6. The molecule has 1 atom stereocenters. The highest BCUT2D eigenvalue weighted by molar-refractivity contribution is 6.30. The molecule has 1 N–H and O–H groups in total. The van der Waals surface area contributed by atoms with Gasteiger partial charge in [0.05, 0.1) is 13.2 Å². The lowest BCUT2D eigenvalue weighted by atomic mass is 10.0. The van der Waals surface area contributed by atoms with Crippen LogP contribution in [0.2, 0.25) is 5.02 Å². The van der Waals surface area contributed by atoms with Crippen LogP contribution < -0.4 is 10.1 Å².